The molecule has 5 heteroatoms. The van der Waals surface area contributed by atoms with E-state index in [1.165, 1.54) is 0 Å². The highest BCUT2D eigenvalue weighted by molar-refractivity contribution is 5.94. The molecular weight excluding hydrogens is 280 g/mol. The molecule has 1 N–H and O–H groups in total. The summed E-state index contributed by atoms with van der Waals surface area (Å²) in [7, 11) is 1.66. The average Bonchev–Trinajstić information content (AvgIpc) is 2.55. The fourth-order valence-corrected chi connectivity index (χ4v) is 2.50. The second kappa shape index (κ2) is 8.88. The van der Waals surface area contributed by atoms with Crippen LogP contribution in [0.2, 0.25) is 0 Å². The van der Waals surface area contributed by atoms with Gasteiger partial charge in [-0.25, -0.2) is 0 Å². The third kappa shape index (κ3) is 5.40. The van der Waals surface area contributed by atoms with Crippen molar-refractivity contribution in [1.29, 1.82) is 0 Å². The molecule has 0 unspecified atom stereocenters. The zero-order valence-corrected chi connectivity index (χ0v) is 13.5. The summed E-state index contributed by atoms with van der Waals surface area (Å²) in [6, 6.07) is 7.71. The third-order valence-electron chi connectivity index (χ3n) is 3.89. The van der Waals surface area contributed by atoms with Crippen molar-refractivity contribution < 1.29 is 14.3 Å². The Bertz CT molecular complexity index is 455. The topological polar surface area (TPSA) is 50.8 Å². The van der Waals surface area contributed by atoms with E-state index in [1.807, 2.05) is 24.3 Å². The lowest BCUT2D eigenvalue weighted by Crippen LogP contribution is -2.40. The Labute approximate surface area is 132 Å². The van der Waals surface area contributed by atoms with E-state index in [4.69, 9.17) is 9.47 Å². The Hall–Kier alpha value is -1.43. The zero-order valence-electron chi connectivity index (χ0n) is 13.5. The van der Waals surface area contributed by atoms with Gasteiger partial charge in [-0.3, -0.25) is 9.69 Å². The van der Waals surface area contributed by atoms with Gasteiger partial charge >= 0.3 is 0 Å². The van der Waals surface area contributed by atoms with Crippen molar-refractivity contribution in [1.82, 2.24) is 10.2 Å². The molecule has 1 fully saturated rings. The van der Waals surface area contributed by atoms with E-state index in [0.717, 1.165) is 44.8 Å². The van der Waals surface area contributed by atoms with E-state index in [0.29, 0.717) is 12.2 Å². The molecule has 1 aromatic carbocycles. The molecule has 0 radical (unpaired) electrons. The molecule has 122 valence electrons. The third-order valence-corrected chi connectivity index (χ3v) is 3.89. The summed E-state index contributed by atoms with van der Waals surface area (Å²) >= 11 is 0. The second-order valence-electron chi connectivity index (χ2n) is 5.75. The highest BCUT2D eigenvalue weighted by Gasteiger charge is 2.13. The Morgan fingerprint density at radius 1 is 1.32 bits per heavy atom. The Balaban J connectivity index is 1.75. The van der Waals surface area contributed by atoms with E-state index < -0.39 is 0 Å². The van der Waals surface area contributed by atoms with Crippen molar-refractivity contribution in [3.63, 3.8) is 0 Å². The summed E-state index contributed by atoms with van der Waals surface area (Å²) in [4.78, 5) is 14.6. The lowest BCUT2D eigenvalue weighted by molar-refractivity contribution is 0.0363. The largest absolute Gasteiger partial charge is 0.380 e. The fraction of sp³-hybridized carbons (Fsp3) is 0.588. The van der Waals surface area contributed by atoms with E-state index in [9.17, 15) is 4.79 Å². The van der Waals surface area contributed by atoms with E-state index >= 15 is 0 Å². The maximum Gasteiger partial charge on any atom is 0.251 e. The molecule has 0 aromatic heterocycles. The molecular formula is C17H26N2O3. The smallest absolute Gasteiger partial charge is 0.251 e. The van der Waals surface area contributed by atoms with Crippen molar-refractivity contribution in [3.05, 3.63) is 35.4 Å². The van der Waals surface area contributed by atoms with Crippen LogP contribution < -0.4 is 5.32 Å². The number of hydrogen-bond acceptors (Lipinski definition) is 4. The first-order valence-electron chi connectivity index (χ1n) is 7.88. The summed E-state index contributed by atoms with van der Waals surface area (Å²) < 4.78 is 10.4. The number of amides is 1. The summed E-state index contributed by atoms with van der Waals surface area (Å²) in [5.41, 5.74) is 1.76. The number of carbonyl (C=O) groups is 1. The van der Waals surface area contributed by atoms with Crippen molar-refractivity contribution in [2.45, 2.75) is 26.0 Å². The fourth-order valence-electron chi connectivity index (χ4n) is 2.50. The Morgan fingerprint density at radius 2 is 2.00 bits per heavy atom. The molecule has 1 aliphatic heterocycles. The summed E-state index contributed by atoms with van der Waals surface area (Å²) in [6.45, 7) is 7.22. The van der Waals surface area contributed by atoms with E-state index in [1.54, 1.807) is 7.11 Å². The molecule has 1 amide bonds. The molecule has 0 saturated carbocycles. The Morgan fingerprint density at radius 3 is 2.64 bits per heavy atom. The number of nitrogens with one attached hydrogen (secondary N) is 1. The minimum absolute atomic E-state index is 0.0153. The SMILES string of the molecule is COCc1ccc(C(=O)N[C@@H](C)CCN2CCOCC2)cc1. The van der Waals surface area contributed by atoms with Gasteiger partial charge in [0.25, 0.3) is 5.91 Å². The lowest BCUT2D eigenvalue weighted by Gasteiger charge is -2.27. The molecule has 0 spiro atoms. The van der Waals surface area contributed by atoms with Crippen molar-refractivity contribution in [3.8, 4) is 0 Å². The second-order valence-corrected chi connectivity index (χ2v) is 5.75. The maximum atomic E-state index is 12.2. The number of carbonyl (C=O) groups excluding carboxylic acids is 1. The van der Waals surface area contributed by atoms with E-state index in [2.05, 4.69) is 17.1 Å². The molecule has 22 heavy (non-hydrogen) atoms. The van der Waals surface area contributed by atoms with Crippen LogP contribution in [-0.4, -0.2) is 56.8 Å². The number of nitrogens with zero attached hydrogens (tertiary/aromatic N) is 1. The number of methoxy groups -OCH3 is 1. The molecule has 2 rings (SSSR count). The predicted octanol–water partition coefficient (Wildman–Crippen LogP) is 1.67. The monoisotopic (exact) mass is 306 g/mol. The first kappa shape index (κ1) is 16.9. The maximum absolute atomic E-state index is 12.2. The number of rotatable bonds is 7. The quantitative estimate of drug-likeness (QED) is 0.832. The number of hydrogen-bond donors (Lipinski definition) is 1. The van der Waals surface area contributed by atoms with E-state index in [-0.39, 0.29) is 11.9 Å². The molecule has 5 nitrogen and oxygen atoms in total. The minimum atomic E-state index is -0.0153. The number of morpholine rings is 1. The molecule has 1 atom stereocenters. The highest BCUT2D eigenvalue weighted by atomic mass is 16.5. The van der Waals surface area contributed by atoms with Gasteiger partial charge in [-0.05, 0) is 31.0 Å². The highest BCUT2D eigenvalue weighted by Crippen LogP contribution is 2.07. The van der Waals surface area contributed by atoms with Gasteiger partial charge in [-0.15, -0.1) is 0 Å². The van der Waals surface area contributed by atoms with Crippen molar-refractivity contribution >= 4 is 5.91 Å². The van der Waals surface area contributed by atoms with Crippen LogP contribution in [0.4, 0.5) is 0 Å². The van der Waals surface area contributed by atoms with Crippen LogP contribution in [0.3, 0.4) is 0 Å². The lowest BCUT2D eigenvalue weighted by atomic mass is 10.1. The summed E-state index contributed by atoms with van der Waals surface area (Å²) in [6.07, 6.45) is 0.952. The first-order valence-corrected chi connectivity index (χ1v) is 7.88. The van der Waals surface area contributed by atoms with Crippen LogP contribution in [0.5, 0.6) is 0 Å². The molecule has 1 aliphatic rings. The van der Waals surface area contributed by atoms with Crippen LogP contribution in [0.1, 0.15) is 29.3 Å². The predicted molar refractivity (Wildman–Crippen MR) is 86.0 cm³/mol. The van der Waals surface area contributed by atoms with Gasteiger partial charge in [0.15, 0.2) is 0 Å². The van der Waals surface area contributed by atoms with Gasteiger partial charge < -0.3 is 14.8 Å². The molecule has 1 aromatic rings. The van der Waals surface area contributed by atoms with Crippen LogP contribution in [-0.2, 0) is 16.1 Å². The first-order chi connectivity index (χ1) is 10.7. The van der Waals surface area contributed by atoms with Crippen molar-refractivity contribution in [2.24, 2.45) is 0 Å². The van der Waals surface area contributed by atoms with Gasteiger partial charge in [0.05, 0.1) is 19.8 Å². The molecule has 1 saturated heterocycles. The van der Waals surface area contributed by atoms with Crippen LogP contribution in [0.25, 0.3) is 0 Å². The normalized spacial score (nSPS) is 17.2. The Kier molecular flexibility index (Phi) is 6.83. The van der Waals surface area contributed by atoms with Crippen LogP contribution in [0, 0.1) is 0 Å². The van der Waals surface area contributed by atoms with Crippen LogP contribution in [0.15, 0.2) is 24.3 Å². The van der Waals surface area contributed by atoms with Crippen molar-refractivity contribution in [2.75, 3.05) is 40.0 Å². The van der Waals surface area contributed by atoms with Crippen LogP contribution >= 0.6 is 0 Å². The van der Waals surface area contributed by atoms with Gasteiger partial charge in [-0.2, -0.15) is 0 Å². The summed E-state index contributed by atoms with van der Waals surface area (Å²) in [5.74, 6) is -0.0153. The number of benzene rings is 1. The minimum Gasteiger partial charge on any atom is -0.380 e. The molecule has 0 bridgehead atoms. The number of ether oxygens (including phenoxy) is 2. The van der Waals surface area contributed by atoms with Gasteiger partial charge in [0.2, 0.25) is 0 Å². The van der Waals surface area contributed by atoms with Gasteiger partial charge in [-0.1, -0.05) is 12.1 Å². The molecule has 0 aliphatic carbocycles. The van der Waals surface area contributed by atoms with Gasteiger partial charge in [0, 0.05) is 38.3 Å². The summed E-state index contributed by atoms with van der Waals surface area (Å²) in [5, 5.41) is 3.06. The standard InChI is InChI=1S/C17H26N2O3/c1-14(7-8-19-9-11-22-12-10-19)18-17(20)16-5-3-15(4-6-16)13-21-2/h3-6,14H,7-13H2,1-2H3,(H,18,20)/t14-/m0/s1. The van der Waals surface area contributed by atoms with Gasteiger partial charge in [0.1, 0.15) is 0 Å². The molecule has 1 heterocycles. The average molecular weight is 306 g/mol. The zero-order chi connectivity index (χ0) is 15.8.